The summed E-state index contributed by atoms with van der Waals surface area (Å²) >= 11 is 0. The molecule has 0 unspecified atom stereocenters. The largest absolute Gasteiger partial charge is 0.573 e. The van der Waals surface area contributed by atoms with Gasteiger partial charge in [-0.1, -0.05) is 30.3 Å². The van der Waals surface area contributed by atoms with Crippen LogP contribution in [0.3, 0.4) is 0 Å². The van der Waals surface area contributed by atoms with Crippen molar-refractivity contribution in [2.45, 2.75) is 32.2 Å². The van der Waals surface area contributed by atoms with Crippen molar-refractivity contribution in [3.63, 3.8) is 0 Å². The maximum Gasteiger partial charge on any atom is 0.573 e. The Labute approximate surface area is 189 Å². The number of aliphatic carboxylic acids is 1. The van der Waals surface area contributed by atoms with E-state index in [9.17, 15) is 23.1 Å². The van der Waals surface area contributed by atoms with E-state index in [1.807, 2.05) is 35.9 Å². The quantitative estimate of drug-likeness (QED) is 0.556. The Balaban J connectivity index is 1.54. The number of likely N-dealkylation sites (tertiary alicyclic amines) is 1. The zero-order valence-corrected chi connectivity index (χ0v) is 18.3. The number of benzene rings is 2. The summed E-state index contributed by atoms with van der Waals surface area (Å²) in [5.74, 6) is -0.183. The van der Waals surface area contributed by atoms with Crippen LogP contribution in [0.2, 0.25) is 0 Å². The van der Waals surface area contributed by atoms with Crippen molar-refractivity contribution in [3.05, 3.63) is 59.9 Å². The second kappa shape index (κ2) is 9.43. The fourth-order valence-electron chi connectivity index (χ4n) is 4.74. The van der Waals surface area contributed by atoms with Gasteiger partial charge in [0, 0.05) is 38.5 Å². The van der Waals surface area contributed by atoms with Crippen molar-refractivity contribution >= 4 is 17.0 Å². The number of aryl methyl sites for hydroxylation is 1. The van der Waals surface area contributed by atoms with Crippen molar-refractivity contribution in [1.29, 1.82) is 0 Å². The number of rotatable bonds is 7. The van der Waals surface area contributed by atoms with Gasteiger partial charge < -0.3 is 14.4 Å². The summed E-state index contributed by atoms with van der Waals surface area (Å²) < 4.78 is 44.6. The first-order chi connectivity index (χ1) is 15.7. The molecule has 4 rings (SSSR count). The Morgan fingerprint density at radius 1 is 1.15 bits per heavy atom. The molecule has 33 heavy (non-hydrogen) atoms. The third-order valence-corrected chi connectivity index (χ3v) is 6.33. The Bertz CT molecular complexity index is 1130. The van der Waals surface area contributed by atoms with Crippen LogP contribution >= 0.6 is 0 Å². The summed E-state index contributed by atoms with van der Waals surface area (Å²) in [5, 5.41) is 9.41. The molecule has 9 heteroatoms. The molecule has 2 aromatic carbocycles. The maximum atomic E-state index is 12.8. The minimum Gasteiger partial charge on any atom is -0.481 e. The number of aromatic nitrogens is 2. The second-order valence-corrected chi connectivity index (χ2v) is 8.58. The highest BCUT2D eigenvalue weighted by Gasteiger charge is 2.34. The molecule has 176 valence electrons. The molecule has 1 aliphatic rings. The fraction of sp³-hybridized carbons (Fsp3) is 0.417. The van der Waals surface area contributed by atoms with E-state index in [0.29, 0.717) is 38.0 Å². The van der Waals surface area contributed by atoms with Crippen LogP contribution in [0.25, 0.3) is 11.0 Å². The molecule has 0 radical (unpaired) electrons. The number of carboxylic acids is 1. The lowest BCUT2D eigenvalue weighted by Gasteiger charge is -2.38. The van der Waals surface area contributed by atoms with Crippen LogP contribution in [0.5, 0.6) is 5.75 Å². The van der Waals surface area contributed by atoms with Crippen LogP contribution in [-0.4, -0.2) is 45.0 Å². The summed E-state index contributed by atoms with van der Waals surface area (Å²) in [5.41, 5.74) is 2.34. The lowest BCUT2D eigenvalue weighted by Crippen LogP contribution is -2.42. The van der Waals surface area contributed by atoms with Gasteiger partial charge in [-0.05, 0) is 43.0 Å². The number of nitrogens with zero attached hydrogens (tertiary/aromatic N) is 3. The van der Waals surface area contributed by atoms with E-state index < -0.39 is 12.3 Å². The van der Waals surface area contributed by atoms with Crippen LogP contribution in [0.4, 0.5) is 13.2 Å². The summed E-state index contributed by atoms with van der Waals surface area (Å²) in [7, 11) is 1.95. The van der Waals surface area contributed by atoms with Crippen molar-refractivity contribution < 1.29 is 27.8 Å². The average Bonchev–Trinajstić information content (AvgIpc) is 3.06. The molecule has 1 aliphatic heterocycles. The molecule has 0 aliphatic carbocycles. The third-order valence-electron chi connectivity index (χ3n) is 6.33. The van der Waals surface area contributed by atoms with Crippen molar-refractivity contribution in [3.8, 4) is 5.75 Å². The smallest absolute Gasteiger partial charge is 0.481 e. The van der Waals surface area contributed by atoms with Gasteiger partial charge in [0.15, 0.2) is 0 Å². The van der Waals surface area contributed by atoms with Gasteiger partial charge in [-0.15, -0.1) is 13.2 Å². The number of carboxylic acid groups (broad SMARTS) is 1. The fourth-order valence-corrected chi connectivity index (χ4v) is 4.74. The molecule has 3 aromatic rings. The average molecular weight is 461 g/mol. The van der Waals surface area contributed by atoms with Gasteiger partial charge in [0.2, 0.25) is 0 Å². The Kier molecular flexibility index (Phi) is 6.60. The van der Waals surface area contributed by atoms with E-state index >= 15 is 0 Å². The lowest BCUT2D eigenvalue weighted by atomic mass is 9.81. The molecule has 1 N–H and O–H groups in total. The van der Waals surface area contributed by atoms with E-state index in [-0.39, 0.29) is 24.0 Å². The number of piperidine rings is 1. The number of hydrogen-bond donors (Lipinski definition) is 1. The van der Waals surface area contributed by atoms with Crippen LogP contribution in [0, 0.1) is 11.8 Å². The Morgan fingerprint density at radius 2 is 1.88 bits per heavy atom. The first-order valence-electron chi connectivity index (χ1n) is 10.9. The molecule has 1 aromatic heterocycles. The van der Waals surface area contributed by atoms with E-state index in [1.165, 1.54) is 12.1 Å². The number of ether oxygens (including phenoxy) is 1. The zero-order valence-electron chi connectivity index (χ0n) is 18.3. The molecule has 1 saturated heterocycles. The molecule has 2 heterocycles. The number of halogens is 3. The van der Waals surface area contributed by atoms with Gasteiger partial charge in [-0.2, -0.15) is 0 Å². The minimum absolute atomic E-state index is 0.0149. The predicted molar refractivity (Wildman–Crippen MR) is 117 cm³/mol. The molecule has 0 spiro atoms. The van der Waals surface area contributed by atoms with E-state index in [4.69, 9.17) is 4.98 Å². The third kappa shape index (κ3) is 5.65. The number of para-hydroxylation sites is 3. The van der Waals surface area contributed by atoms with Gasteiger partial charge in [-0.3, -0.25) is 9.69 Å². The SMILES string of the molecule is Cn1c(C[C@H]2CN(Cc3ccccc3OC(F)(F)F)CC[C@H]2CC(=O)O)nc2ccccc21. The van der Waals surface area contributed by atoms with Gasteiger partial charge in [0.25, 0.3) is 0 Å². The van der Waals surface area contributed by atoms with Gasteiger partial charge >= 0.3 is 12.3 Å². The van der Waals surface area contributed by atoms with Crippen molar-refractivity contribution in [1.82, 2.24) is 14.5 Å². The molecule has 0 amide bonds. The molecule has 1 fully saturated rings. The Morgan fingerprint density at radius 3 is 2.61 bits per heavy atom. The summed E-state index contributed by atoms with van der Waals surface area (Å²) in [6, 6.07) is 14.0. The van der Waals surface area contributed by atoms with Crippen LogP contribution in [0.15, 0.2) is 48.5 Å². The van der Waals surface area contributed by atoms with Gasteiger partial charge in [0.1, 0.15) is 11.6 Å². The highest BCUT2D eigenvalue weighted by atomic mass is 19.4. The first kappa shape index (κ1) is 23.1. The zero-order chi connectivity index (χ0) is 23.6. The van der Waals surface area contributed by atoms with E-state index in [2.05, 4.69) is 9.64 Å². The van der Waals surface area contributed by atoms with E-state index in [0.717, 1.165) is 16.9 Å². The number of alkyl halides is 3. The number of imidazole rings is 1. The summed E-state index contributed by atoms with van der Waals surface area (Å²) in [6.07, 6.45) is -3.44. The van der Waals surface area contributed by atoms with Crippen molar-refractivity contribution in [2.24, 2.45) is 18.9 Å². The van der Waals surface area contributed by atoms with Gasteiger partial charge in [0.05, 0.1) is 11.0 Å². The molecular formula is C24H26F3N3O3. The molecule has 6 nitrogen and oxygen atoms in total. The highest BCUT2D eigenvalue weighted by molar-refractivity contribution is 5.75. The normalized spacial score (nSPS) is 19.6. The number of hydrogen-bond acceptors (Lipinski definition) is 4. The standard InChI is InChI=1S/C24H26F3N3O3/c1-29-20-8-4-3-7-19(20)28-22(29)12-18-15-30(11-10-16(18)13-23(31)32)14-17-6-2-5-9-21(17)33-24(25,26)27/h2-9,16,18H,10-15H2,1H3,(H,31,32)/t16-,18-/m0/s1. The maximum absolute atomic E-state index is 12.8. The molecular weight excluding hydrogens is 435 g/mol. The van der Waals surface area contributed by atoms with Gasteiger partial charge in [-0.25, -0.2) is 4.98 Å². The minimum atomic E-state index is -4.76. The summed E-state index contributed by atoms with van der Waals surface area (Å²) in [6.45, 7) is 1.48. The van der Waals surface area contributed by atoms with Crippen LogP contribution < -0.4 is 4.74 Å². The first-order valence-corrected chi connectivity index (χ1v) is 10.9. The second-order valence-electron chi connectivity index (χ2n) is 8.58. The lowest BCUT2D eigenvalue weighted by molar-refractivity contribution is -0.275. The monoisotopic (exact) mass is 461 g/mol. The van der Waals surface area contributed by atoms with Crippen LogP contribution in [-0.2, 0) is 24.8 Å². The molecule has 0 saturated carbocycles. The topological polar surface area (TPSA) is 67.6 Å². The number of carbonyl (C=O) groups is 1. The summed E-state index contributed by atoms with van der Waals surface area (Å²) in [4.78, 5) is 18.3. The predicted octanol–water partition coefficient (Wildman–Crippen LogP) is 4.63. The molecule has 2 atom stereocenters. The van der Waals surface area contributed by atoms with E-state index in [1.54, 1.807) is 12.1 Å². The highest BCUT2D eigenvalue weighted by Crippen LogP contribution is 2.33. The van der Waals surface area contributed by atoms with Crippen LogP contribution in [0.1, 0.15) is 24.2 Å². The van der Waals surface area contributed by atoms with Crippen molar-refractivity contribution in [2.75, 3.05) is 13.1 Å². The molecule has 0 bridgehead atoms. The number of fused-ring (bicyclic) bond motifs is 1. The Hall–Kier alpha value is -3.07.